The number of nitrogens with zero attached hydrogens (tertiary/aromatic N) is 3. The molecule has 160 valence electrons. The predicted molar refractivity (Wildman–Crippen MR) is 123 cm³/mol. The summed E-state index contributed by atoms with van der Waals surface area (Å²) in [6.45, 7) is 10.0. The number of hydrogen-bond donors (Lipinski definition) is 0. The Kier molecular flexibility index (Phi) is 7.65. The van der Waals surface area contributed by atoms with Gasteiger partial charge in [0.2, 0.25) is 0 Å². The summed E-state index contributed by atoms with van der Waals surface area (Å²) in [4.78, 5) is 22.3. The molecule has 1 amide bonds. The van der Waals surface area contributed by atoms with E-state index in [9.17, 15) is 4.79 Å². The van der Waals surface area contributed by atoms with Crippen LogP contribution >= 0.6 is 11.3 Å². The molecule has 0 N–H and O–H groups in total. The predicted octanol–water partition coefficient (Wildman–Crippen LogP) is 4.69. The number of amides is 1. The number of carbonyl (C=O) groups is 1. The van der Waals surface area contributed by atoms with Crippen molar-refractivity contribution >= 4 is 32.6 Å². The van der Waals surface area contributed by atoms with Crippen molar-refractivity contribution in [2.75, 3.05) is 44.8 Å². The number of benzene rings is 2. The summed E-state index contributed by atoms with van der Waals surface area (Å²) >= 11 is 1.51. The Labute approximate surface area is 182 Å². The van der Waals surface area contributed by atoms with E-state index in [-0.39, 0.29) is 5.91 Å². The van der Waals surface area contributed by atoms with E-state index >= 15 is 0 Å². The van der Waals surface area contributed by atoms with Gasteiger partial charge in [-0.3, -0.25) is 9.69 Å². The van der Waals surface area contributed by atoms with Gasteiger partial charge in [0.25, 0.3) is 5.91 Å². The van der Waals surface area contributed by atoms with Crippen molar-refractivity contribution in [1.29, 1.82) is 0 Å². The Balaban J connectivity index is 1.96. The molecule has 2 aromatic carbocycles. The molecular formula is C23H29N3O3S. The smallest absolute Gasteiger partial charge is 0.260 e. The van der Waals surface area contributed by atoms with Crippen molar-refractivity contribution in [1.82, 2.24) is 9.88 Å². The van der Waals surface area contributed by atoms with Crippen LogP contribution in [-0.4, -0.2) is 55.7 Å². The zero-order chi connectivity index (χ0) is 21.5. The first kappa shape index (κ1) is 22.1. The monoisotopic (exact) mass is 427 g/mol. The van der Waals surface area contributed by atoms with Crippen molar-refractivity contribution in [3.63, 3.8) is 0 Å². The lowest BCUT2D eigenvalue weighted by molar-refractivity contribution is 0.0983. The van der Waals surface area contributed by atoms with Gasteiger partial charge in [0.15, 0.2) is 5.13 Å². The maximum Gasteiger partial charge on any atom is 0.260 e. The van der Waals surface area contributed by atoms with Crippen molar-refractivity contribution in [3.05, 3.63) is 48.0 Å². The molecule has 6 nitrogen and oxygen atoms in total. The summed E-state index contributed by atoms with van der Waals surface area (Å²) in [6.07, 6.45) is 0. The number of anilines is 1. The number of likely N-dealkylation sites (N-methyl/N-ethyl adjacent to an activating group) is 1. The molecule has 0 saturated heterocycles. The molecule has 0 spiro atoms. The highest BCUT2D eigenvalue weighted by Crippen LogP contribution is 2.34. The van der Waals surface area contributed by atoms with Crippen LogP contribution in [0, 0.1) is 0 Å². The molecule has 1 heterocycles. The van der Waals surface area contributed by atoms with E-state index in [1.165, 1.54) is 11.3 Å². The SMILES string of the molecule is CCOc1cccc2sc(N(CCN(CC)CC)C(=O)c3ccc(OC)cc3)nc12. The van der Waals surface area contributed by atoms with E-state index in [0.717, 1.165) is 41.3 Å². The molecule has 0 unspecified atom stereocenters. The molecule has 0 radical (unpaired) electrons. The Morgan fingerprint density at radius 2 is 1.77 bits per heavy atom. The zero-order valence-corrected chi connectivity index (χ0v) is 18.9. The molecule has 0 aliphatic rings. The van der Waals surface area contributed by atoms with E-state index in [0.29, 0.717) is 23.8 Å². The number of ether oxygens (including phenoxy) is 2. The molecule has 0 aliphatic heterocycles. The summed E-state index contributed by atoms with van der Waals surface area (Å²) in [5.74, 6) is 1.41. The van der Waals surface area contributed by atoms with Gasteiger partial charge in [0.1, 0.15) is 17.0 Å². The Hall–Kier alpha value is -2.64. The van der Waals surface area contributed by atoms with E-state index in [4.69, 9.17) is 14.5 Å². The molecule has 0 fully saturated rings. The molecular weight excluding hydrogens is 398 g/mol. The van der Waals surface area contributed by atoms with Gasteiger partial charge in [-0.25, -0.2) is 4.98 Å². The Bertz CT molecular complexity index is 967. The van der Waals surface area contributed by atoms with Gasteiger partial charge >= 0.3 is 0 Å². The third kappa shape index (κ3) is 4.91. The molecule has 0 bridgehead atoms. The van der Waals surface area contributed by atoms with Gasteiger partial charge in [-0.05, 0) is 56.4 Å². The molecule has 0 atom stereocenters. The normalized spacial score (nSPS) is 11.1. The summed E-state index contributed by atoms with van der Waals surface area (Å²) in [6, 6.07) is 13.1. The fraction of sp³-hybridized carbons (Fsp3) is 0.391. The summed E-state index contributed by atoms with van der Waals surface area (Å²) in [5.41, 5.74) is 1.41. The molecule has 0 aliphatic carbocycles. The van der Waals surface area contributed by atoms with Gasteiger partial charge in [-0.2, -0.15) is 0 Å². The van der Waals surface area contributed by atoms with Crippen LogP contribution in [0.4, 0.5) is 5.13 Å². The van der Waals surface area contributed by atoms with Crippen LogP contribution in [0.3, 0.4) is 0 Å². The van der Waals surface area contributed by atoms with Crippen molar-refractivity contribution in [2.24, 2.45) is 0 Å². The van der Waals surface area contributed by atoms with Crippen LogP contribution < -0.4 is 14.4 Å². The van der Waals surface area contributed by atoms with Crippen molar-refractivity contribution < 1.29 is 14.3 Å². The number of rotatable bonds is 10. The topological polar surface area (TPSA) is 54.9 Å². The number of para-hydroxylation sites is 1. The number of carbonyl (C=O) groups excluding carboxylic acids is 1. The highest BCUT2D eigenvalue weighted by Gasteiger charge is 2.23. The molecule has 7 heteroatoms. The minimum absolute atomic E-state index is 0.0678. The molecule has 30 heavy (non-hydrogen) atoms. The van der Waals surface area contributed by atoms with Crippen LogP contribution in [0.2, 0.25) is 0 Å². The minimum atomic E-state index is -0.0678. The van der Waals surface area contributed by atoms with Gasteiger partial charge < -0.3 is 14.4 Å². The van der Waals surface area contributed by atoms with Crippen molar-refractivity contribution in [3.8, 4) is 11.5 Å². The number of thiazole rings is 1. The van der Waals surface area contributed by atoms with Crippen LogP contribution in [0.25, 0.3) is 10.2 Å². The Morgan fingerprint density at radius 1 is 1.03 bits per heavy atom. The fourth-order valence-electron chi connectivity index (χ4n) is 3.25. The first-order valence-corrected chi connectivity index (χ1v) is 11.1. The lowest BCUT2D eigenvalue weighted by Crippen LogP contribution is -2.38. The van der Waals surface area contributed by atoms with Gasteiger partial charge in [-0.1, -0.05) is 31.3 Å². The lowest BCUT2D eigenvalue weighted by Gasteiger charge is -2.24. The average molecular weight is 428 g/mol. The van der Waals surface area contributed by atoms with E-state index in [1.54, 1.807) is 36.3 Å². The maximum atomic E-state index is 13.4. The van der Waals surface area contributed by atoms with E-state index in [2.05, 4.69) is 18.7 Å². The number of fused-ring (bicyclic) bond motifs is 1. The first-order valence-electron chi connectivity index (χ1n) is 10.3. The fourth-order valence-corrected chi connectivity index (χ4v) is 4.26. The van der Waals surface area contributed by atoms with Crippen LogP contribution in [0.15, 0.2) is 42.5 Å². The van der Waals surface area contributed by atoms with Crippen LogP contribution in [0.1, 0.15) is 31.1 Å². The third-order valence-electron chi connectivity index (χ3n) is 5.02. The zero-order valence-electron chi connectivity index (χ0n) is 18.1. The second-order valence-electron chi connectivity index (χ2n) is 6.74. The second-order valence-corrected chi connectivity index (χ2v) is 7.75. The highest BCUT2D eigenvalue weighted by atomic mass is 32.1. The lowest BCUT2D eigenvalue weighted by atomic mass is 10.2. The first-order chi connectivity index (χ1) is 14.6. The summed E-state index contributed by atoms with van der Waals surface area (Å²) in [5, 5.41) is 0.685. The van der Waals surface area contributed by atoms with Crippen LogP contribution in [-0.2, 0) is 0 Å². The average Bonchev–Trinajstić information content (AvgIpc) is 3.21. The van der Waals surface area contributed by atoms with Crippen LogP contribution in [0.5, 0.6) is 11.5 Å². The van der Waals surface area contributed by atoms with Gasteiger partial charge in [-0.15, -0.1) is 0 Å². The van der Waals surface area contributed by atoms with E-state index < -0.39 is 0 Å². The number of aromatic nitrogens is 1. The number of hydrogen-bond acceptors (Lipinski definition) is 6. The maximum absolute atomic E-state index is 13.4. The molecule has 1 aromatic heterocycles. The standard InChI is InChI=1S/C23H29N3O3S/c1-5-25(6-2)15-16-26(22(27)17-11-13-18(28-4)14-12-17)23-24-21-19(29-7-3)9-8-10-20(21)30-23/h8-14H,5-7,15-16H2,1-4H3. The van der Waals surface area contributed by atoms with Gasteiger partial charge in [0.05, 0.1) is 18.4 Å². The Morgan fingerprint density at radius 3 is 2.40 bits per heavy atom. The third-order valence-corrected chi connectivity index (χ3v) is 6.06. The van der Waals surface area contributed by atoms with Gasteiger partial charge in [0, 0.05) is 18.7 Å². The highest BCUT2D eigenvalue weighted by molar-refractivity contribution is 7.22. The molecule has 3 aromatic rings. The van der Waals surface area contributed by atoms with E-state index in [1.807, 2.05) is 25.1 Å². The number of methoxy groups -OCH3 is 1. The summed E-state index contributed by atoms with van der Waals surface area (Å²) in [7, 11) is 1.62. The second kappa shape index (κ2) is 10.4. The minimum Gasteiger partial charge on any atom is -0.497 e. The largest absolute Gasteiger partial charge is 0.497 e. The molecule has 0 saturated carbocycles. The van der Waals surface area contributed by atoms with Crippen molar-refractivity contribution in [2.45, 2.75) is 20.8 Å². The quantitative estimate of drug-likeness (QED) is 0.470. The molecule has 3 rings (SSSR count). The summed E-state index contributed by atoms with van der Waals surface area (Å²) < 4.78 is 12.0.